The summed E-state index contributed by atoms with van der Waals surface area (Å²) in [6.45, 7) is -0.108. The third kappa shape index (κ3) is 2.75. The van der Waals surface area contributed by atoms with E-state index in [1.165, 1.54) is 22.5 Å². The standard InChI is InChI=1S/C18H11N5O2S/c19-8-11-10-26-18(17(11)13-5-7-21-13)22-15(24)9-23-14-2-1-6-20-12(14)3-4-16(23)25/h1-2,6-7,10H,3-4,9H2/p+1. The quantitative estimate of drug-likeness (QED) is 0.843. The van der Waals surface area contributed by atoms with E-state index in [-0.39, 0.29) is 18.4 Å². The summed E-state index contributed by atoms with van der Waals surface area (Å²) in [6.07, 6.45) is 6.99. The van der Waals surface area contributed by atoms with Crippen LogP contribution in [-0.2, 0) is 16.0 Å². The van der Waals surface area contributed by atoms with E-state index < -0.39 is 0 Å². The maximum absolute atomic E-state index is 12.5. The SMILES string of the molecule is N#Cc1csc(NC(=O)CN2C(=O)CCc3ncccc32)c1C1=[C+]C=N1. The molecule has 0 saturated carbocycles. The van der Waals surface area contributed by atoms with Gasteiger partial charge in [-0.25, -0.2) is 0 Å². The Balaban J connectivity index is 1.55. The van der Waals surface area contributed by atoms with Gasteiger partial charge in [0, 0.05) is 24.4 Å². The maximum Gasteiger partial charge on any atom is 0.303 e. The van der Waals surface area contributed by atoms with E-state index in [4.69, 9.17) is 0 Å². The van der Waals surface area contributed by atoms with Crippen molar-refractivity contribution in [2.24, 2.45) is 4.99 Å². The highest BCUT2D eigenvalue weighted by Gasteiger charge is 2.32. The summed E-state index contributed by atoms with van der Waals surface area (Å²) < 4.78 is 0. The normalized spacial score (nSPS) is 14.7. The number of anilines is 2. The van der Waals surface area contributed by atoms with Gasteiger partial charge in [0.1, 0.15) is 18.7 Å². The molecule has 8 heteroatoms. The molecule has 0 aliphatic carbocycles. The zero-order valence-corrected chi connectivity index (χ0v) is 14.3. The largest absolute Gasteiger partial charge is 0.303 e. The first-order valence-electron chi connectivity index (χ1n) is 7.89. The number of pyridine rings is 1. The van der Waals surface area contributed by atoms with Crippen molar-refractivity contribution < 1.29 is 9.59 Å². The van der Waals surface area contributed by atoms with E-state index >= 15 is 0 Å². The summed E-state index contributed by atoms with van der Waals surface area (Å²) in [5.41, 5.74) is 3.03. The Morgan fingerprint density at radius 1 is 1.46 bits per heavy atom. The zero-order valence-electron chi connectivity index (χ0n) is 13.5. The minimum absolute atomic E-state index is 0.107. The highest BCUT2D eigenvalue weighted by atomic mass is 32.1. The van der Waals surface area contributed by atoms with Crippen molar-refractivity contribution in [3.63, 3.8) is 0 Å². The number of thiophene rings is 1. The molecule has 0 spiro atoms. The first-order valence-corrected chi connectivity index (χ1v) is 8.77. The predicted molar refractivity (Wildman–Crippen MR) is 97.7 cm³/mol. The molecule has 2 amide bonds. The smallest absolute Gasteiger partial charge is 0.301 e. The molecule has 0 radical (unpaired) electrons. The Hall–Kier alpha value is -3.40. The fourth-order valence-electron chi connectivity index (χ4n) is 2.88. The van der Waals surface area contributed by atoms with Crippen LogP contribution in [0.2, 0.25) is 0 Å². The first-order chi connectivity index (χ1) is 12.7. The summed E-state index contributed by atoms with van der Waals surface area (Å²) in [5.74, 6) is -0.448. The lowest BCUT2D eigenvalue weighted by Crippen LogP contribution is -2.41. The molecule has 0 saturated heterocycles. The number of nitrogens with zero attached hydrogens (tertiary/aromatic N) is 4. The lowest BCUT2D eigenvalue weighted by atomic mass is 10.1. The summed E-state index contributed by atoms with van der Waals surface area (Å²) in [7, 11) is 0. The van der Waals surface area contributed by atoms with E-state index in [2.05, 4.69) is 27.4 Å². The number of hydrogen-bond acceptors (Lipinski definition) is 6. The summed E-state index contributed by atoms with van der Waals surface area (Å²) >= 11 is 1.25. The number of aliphatic imine (C=N–C) groups is 1. The van der Waals surface area contributed by atoms with Crippen LogP contribution in [-0.4, -0.2) is 29.6 Å². The minimum atomic E-state index is -0.341. The van der Waals surface area contributed by atoms with Crippen molar-refractivity contribution in [3.8, 4) is 6.07 Å². The molecule has 4 heterocycles. The molecule has 0 aromatic carbocycles. The van der Waals surface area contributed by atoms with Crippen molar-refractivity contribution in [1.82, 2.24) is 4.98 Å². The van der Waals surface area contributed by atoms with Gasteiger partial charge in [0.15, 0.2) is 22.3 Å². The second kappa shape index (κ2) is 6.48. The van der Waals surface area contributed by atoms with E-state index in [1.54, 1.807) is 23.7 Å². The fourth-order valence-corrected chi connectivity index (χ4v) is 3.78. The monoisotopic (exact) mass is 362 g/mol. The van der Waals surface area contributed by atoms with Crippen molar-refractivity contribution in [2.75, 3.05) is 16.8 Å². The molecule has 1 N–H and O–H groups in total. The van der Waals surface area contributed by atoms with Crippen molar-refractivity contribution in [1.29, 1.82) is 5.26 Å². The van der Waals surface area contributed by atoms with Crippen molar-refractivity contribution >= 4 is 45.8 Å². The van der Waals surface area contributed by atoms with Crippen LogP contribution < -0.4 is 10.2 Å². The Morgan fingerprint density at radius 3 is 3.04 bits per heavy atom. The molecule has 2 aliphatic heterocycles. The number of carbonyl (C=O) groups excluding carboxylic acids is 2. The number of carbonyl (C=O) groups is 2. The Morgan fingerprint density at radius 2 is 2.31 bits per heavy atom. The summed E-state index contributed by atoms with van der Waals surface area (Å²) in [6, 6.07) is 5.63. The fraction of sp³-hybridized carbons (Fsp3) is 0.167. The third-order valence-electron chi connectivity index (χ3n) is 4.13. The van der Waals surface area contributed by atoms with Gasteiger partial charge in [-0.2, -0.15) is 10.3 Å². The molecule has 4 rings (SSSR count). The molecular weight excluding hydrogens is 350 g/mol. The number of rotatable bonds is 4. The van der Waals surface area contributed by atoms with Gasteiger partial charge in [-0.15, -0.1) is 11.3 Å². The Bertz CT molecular complexity index is 1010. The number of aromatic nitrogens is 1. The van der Waals surface area contributed by atoms with Crippen LogP contribution in [0.25, 0.3) is 5.70 Å². The molecule has 26 heavy (non-hydrogen) atoms. The molecule has 0 bridgehead atoms. The maximum atomic E-state index is 12.5. The number of allylic oxidation sites excluding steroid dienone is 1. The lowest BCUT2D eigenvalue weighted by Gasteiger charge is -2.27. The molecule has 2 aromatic heterocycles. The number of aryl methyl sites for hydroxylation is 1. The average molecular weight is 362 g/mol. The minimum Gasteiger partial charge on any atom is -0.301 e. The highest BCUT2D eigenvalue weighted by Crippen LogP contribution is 2.36. The lowest BCUT2D eigenvalue weighted by molar-refractivity contribution is -0.121. The Kier molecular flexibility index (Phi) is 4.01. The second-order valence-corrected chi connectivity index (χ2v) is 6.59. The topological polar surface area (TPSA) is 98.5 Å². The molecule has 126 valence electrons. The summed E-state index contributed by atoms with van der Waals surface area (Å²) in [4.78, 5) is 34.6. The van der Waals surface area contributed by atoms with Gasteiger partial charge in [-0.1, -0.05) is 0 Å². The van der Waals surface area contributed by atoms with Gasteiger partial charge < -0.3 is 4.90 Å². The predicted octanol–water partition coefficient (Wildman–Crippen LogP) is 2.16. The molecular formula is C18H12N5O2S+. The number of amides is 2. The van der Waals surface area contributed by atoms with Gasteiger partial charge >= 0.3 is 5.70 Å². The van der Waals surface area contributed by atoms with Crippen LogP contribution in [0.15, 0.2) is 28.7 Å². The Labute approximate surface area is 153 Å². The van der Waals surface area contributed by atoms with E-state index in [1.807, 2.05) is 0 Å². The number of hydrogen-bond donors (Lipinski definition) is 1. The molecule has 2 aromatic rings. The van der Waals surface area contributed by atoms with Crippen LogP contribution in [0.3, 0.4) is 0 Å². The van der Waals surface area contributed by atoms with Crippen LogP contribution in [0.1, 0.15) is 23.2 Å². The molecule has 0 atom stereocenters. The molecule has 7 nitrogen and oxygen atoms in total. The highest BCUT2D eigenvalue weighted by molar-refractivity contribution is 7.15. The number of nitriles is 1. The van der Waals surface area contributed by atoms with Crippen LogP contribution in [0.5, 0.6) is 0 Å². The van der Waals surface area contributed by atoms with Crippen molar-refractivity contribution in [3.05, 3.63) is 46.6 Å². The molecule has 0 unspecified atom stereocenters. The second-order valence-electron chi connectivity index (χ2n) is 5.71. The summed E-state index contributed by atoms with van der Waals surface area (Å²) in [5, 5.41) is 14.2. The van der Waals surface area contributed by atoms with Gasteiger partial charge in [0.2, 0.25) is 11.8 Å². The van der Waals surface area contributed by atoms with Crippen LogP contribution in [0.4, 0.5) is 10.7 Å². The number of nitrogens with one attached hydrogen (secondary N) is 1. The van der Waals surface area contributed by atoms with E-state index in [0.717, 1.165) is 5.69 Å². The zero-order chi connectivity index (χ0) is 18.1. The van der Waals surface area contributed by atoms with Gasteiger partial charge in [-0.05, 0) is 12.1 Å². The van der Waals surface area contributed by atoms with Crippen molar-refractivity contribution in [2.45, 2.75) is 12.8 Å². The number of fused-ring (bicyclic) bond motifs is 1. The third-order valence-corrected chi connectivity index (χ3v) is 5.03. The van der Waals surface area contributed by atoms with Gasteiger partial charge in [-0.3, -0.25) is 19.9 Å². The van der Waals surface area contributed by atoms with Crippen LogP contribution >= 0.6 is 11.3 Å². The van der Waals surface area contributed by atoms with Gasteiger partial charge in [0.25, 0.3) is 0 Å². The van der Waals surface area contributed by atoms with Crippen LogP contribution in [0, 0.1) is 17.4 Å². The molecule has 2 aliphatic rings. The van der Waals surface area contributed by atoms with E-state index in [9.17, 15) is 14.9 Å². The molecule has 0 fully saturated rings. The first kappa shape index (κ1) is 16.1. The van der Waals surface area contributed by atoms with E-state index in [0.29, 0.717) is 40.4 Å². The van der Waals surface area contributed by atoms with Gasteiger partial charge in [0.05, 0.1) is 11.4 Å². The average Bonchev–Trinajstić information content (AvgIpc) is 2.98.